The first-order valence-electron chi connectivity index (χ1n) is 10.1. The smallest absolute Gasteiger partial charge is 0.0241 e. The lowest BCUT2D eigenvalue weighted by Crippen LogP contribution is -2.41. The molecule has 21 heavy (non-hydrogen) atoms. The number of hydrogen-bond donors (Lipinski definition) is 0. The highest BCUT2D eigenvalue weighted by atomic mass is 14.6. The average molecular weight is 293 g/mol. The second-order valence-corrected chi connectivity index (χ2v) is 8.57. The summed E-state index contributed by atoms with van der Waals surface area (Å²) in [6.45, 7) is 7.58. The molecule has 0 radical (unpaired) electrons. The molecule has 2 aliphatic rings. The lowest BCUT2D eigenvalue weighted by Gasteiger charge is -2.50. The summed E-state index contributed by atoms with van der Waals surface area (Å²) in [5.74, 6) is 0.948. The molecule has 0 aromatic heterocycles. The third-order valence-corrected chi connectivity index (χ3v) is 7.45. The van der Waals surface area contributed by atoms with Crippen LogP contribution in [-0.4, -0.2) is 0 Å². The molecule has 0 saturated heterocycles. The molecule has 2 aliphatic carbocycles. The normalized spacial score (nSPS) is 29.9. The lowest BCUT2D eigenvalue weighted by atomic mass is 9.55. The van der Waals surface area contributed by atoms with Crippen molar-refractivity contribution in [1.82, 2.24) is 0 Å². The van der Waals surface area contributed by atoms with Gasteiger partial charge in [-0.05, 0) is 42.4 Å². The number of unbranched alkanes of at least 4 members (excludes halogenated alkanes) is 5. The highest BCUT2D eigenvalue weighted by Crippen LogP contribution is 2.63. The van der Waals surface area contributed by atoms with E-state index in [-0.39, 0.29) is 0 Å². The zero-order valence-corrected chi connectivity index (χ0v) is 15.2. The zero-order chi connectivity index (χ0) is 15.2. The van der Waals surface area contributed by atoms with E-state index in [1.54, 1.807) is 19.3 Å². The Morgan fingerprint density at radius 3 is 2.10 bits per heavy atom. The number of hydrogen-bond acceptors (Lipinski definition) is 0. The van der Waals surface area contributed by atoms with E-state index in [0.717, 1.165) is 11.3 Å². The van der Waals surface area contributed by atoms with Crippen LogP contribution in [0, 0.1) is 16.7 Å². The fourth-order valence-corrected chi connectivity index (χ4v) is 5.71. The minimum absolute atomic E-state index is 0.664. The summed E-state index contributed by atoms with van der Waals surface area (Å²) >= 11 is 0. The van der Waals surface area contributed by atoms with E-state index < -0.39 is 0 Å². The summed E-state index contributed by atoms with van der Waals surface area (Å²) in [7, 11) is 0. The minimum Gasteiger partial charge on any atom is -0.0654 e. The summed E-state index contributed by atoms with van der Waals surface area (Å²) in [6, 6.07) is 0. The monoisotopic (exact) mass is 292 g/mol. The maximum absolute atomic E-state index is 2.67. The standard InChI is InChI=1S/C21H40/c1-4-5-6-7-8-10-14-19(2)20(3)15-13-18-21(20)16-11-9-12-17-21/h19H,4-18H2,1-3H3/t19-,20?/m1/s1. The molecule has 0 aromatic rings. The summed E-state index contributed by atoms with van der Waals surface area (Å²) in [5.41, 5.74) is 1.41. The van der Waals surface area contributed by atoms with Gasteiger partial charge in [0.15, 0.2) is 0 Å². The molecule has 0 N–H and O–H groups in total. The SMILES string of the molecule is CCCCCCCC[C@@H](C)C1(C)CCCC12CCCCC2. The Bertz CT molecular complexity index is 286. The zero-order valence-electron chi connectivity index (χ0n) is 15.2. The van der Waals surface area contributed by atoms with Gasteiger partial charge in [-0.2, -0.15) is 0 Å². The summed E-state index contributed by atoms with van der Waals surface area (Å²) < 4.78 is 0. The van der Waals surface area contributed by atoms with Crippen LogP contribution in [0.15, 0.2) is 0 Å². The van der Waals surface area contributed by atoms with Crippen molar-refractivity contribution in [3.63, 3.8) is 0 Å². The Morgan fingerprint density at radius 1 is 0.762 bits per heavy atom. The lowest BCUT2D eigenvalue weighted by molar-refractivity contribution is -0.00573. The molecule has 0 bridgehead atoms. The fraction of sp³-hybridized carbons (Fsp3) is 1.00. The largest absolute Gasteiger partial charge is 0.0654 e. The van der Waals surface area contributed by atoms with Gasteiger partial charge < -0.3 is 0 Å². The molecular formula is C21H40. The van der Waals surface area contributed by atoms with E-state index in [2.05, 4.69) is 20.8 Å². The van der Waals surface area contributed by atoms with Gasteiger partial charge in [0.2, 0.25) is 0 Å². The quantitative estimate of drug-likeness (QED) is 0.406. The van der Waals surface area contributed by atoms with Crippen LogP contribution < -0.4 is 0 Å². The fourth-order valence-electron chi connectivity index (χ4n) is 5.71. The van der Waals surface area contributed by atoms with Crippen molar-refractivity contribution >= 4 is 0 Å². The molecule has 0 amide bonds. The van der Waals surface area contributed by atoms with E-state index in [1.165, 1.54) is 77.0 Å². The van der Waals surface area contributed by atoms with E-state index in [1.807, 2.05) is 0 Å². The maximum atomic E-state index is 2.67. The van der Waals surface area contributed by atoms with Crippen molar-refractivity contribution in [2.24, 2.45) is 16.7 Å². The van der Waals surface area contributed by atoms with Gasteiger partial charge >= 0.3 is 0 Å². The highest BCUT2D eigenvalue weighted by Gasteiger charge is 2.53. The molecule has 0 aliphatic heterocycles. The van der Waals surface area contributed by atoms with Gasteiger partial charge in [0.25, 0.3) is 0 Å². The van der Waals surface area contributed by atoms with Crippen molar-refractivity contribution in [3.8, 4) is 0 Å². The van der Waals surface area contributed by atoms with E-state index >= 15 is 0 Å². The number of rotatable bonds is 8. The molecule has 2 fully saturated rings. The first kappa shape index (κ1) is 17.4. The minimum atomic E-state index is 0.664. The molecule has 1 unspecified atom stereocenters. The molecule has 124 valence electrons. The van der Waals surface area contributed by atoms with Gasteiger partial charge in [0.05, 0.1) is 0 Å². The Hall–Kier alpha value is 0. The van der Waals surface area contributed by atoms with Gasteiger partial charge in [-0.3, -0.25) is 0 Å². The molecule has 2 saturated carbocycles. The van der Waals surface area contributed by atoms with Gasteiger partial charge in [-0.15, -0.1) is 0 Å². The van der Waals surface area contributed by atoms with E-state index in [0.29, 0.717) is 5.41 Å². The predicted molar refractivity (Wildman–Crippen MR) is 94.6 cm³/mol. The van der Waals surface area contributed by atoms with Crippen molar-refractivity contribution in [2.75, 3.05) is 0 Å². The van der Waals surface area contributed by atoms with Crippen LogP contribution in [0.4, 0.5) is 0 Å². The summed E-state index contributed by atoms with van der Waals surface area (Å²) in [4.78, 5) is 0. The van der Waals surface area contributed by atoms with Crippen LogP contribution in [0.5, 0.6) is 0 Å². The highest BCUT2D eigenvalue weighted by molar-refractivity contribution is 5.03. The average Bonchev–Trinajstić information content (AvgIpc) is 2.81. The topological polar surface area (TPSA) is 0 Å². The molecule has 0 nitrogen and oxygen atoms in total. The first-order valence-corrected chi connectivity index (χ1v) is 10.1. The molecule has 1 spiro atoms. The molecule has 0 heteroatoms. The van der Waals surface area contributed by atoms with Gasteiger partial charge in [-0.1, -0.05) is 91.4 Å². The van der Waals surface area contributed by atoms with Gasteiger partial charge in [-0.25, -0.2) is 0 Å². The van der Waals surface area contributed by atoms with Crippen molar-refractivity contribution < 1.29 is 0 Å². The first-order chi connectivity index (χ1) is 10.1. The van der Waals surface area contributed by atoms with Gasteiger partial charge in [0.1, 0.15) is 0 Å². The van der Waals surface area contributed by atoms with E-state index in [9.17, 15) is 0 Å². The molecule has 0 heterocycles. The predicted octanol–water partition coefficient (Wildman–Crippen LogP) is 7.51. The Labute approximate surface area is 134 Å². The van der Waals surface area contributed by atoms with Crippen molar-refractivity contribution in [3.05, 3.63) is 0 Å². The van der Waals surface area contributed by atoms with Crippen LogP contribution in [0.2, 0.25) is 0 Å². The van der Waals surface area contributed by atoms with Crippen LogP contribution in [0.1, 0.15) is 117 Å². The molecule has 0 aromatic carbocycles. The second kappa shape index (κ2) is 8.02. The third kappa shape index (κ3) is 3.85. The molecule has 2 atom stereocenters. The van der Waals surface area contributed by atoms with Crippen molar-refractivity contribution in [2.45, 2.75) is 117 Å². The molecular weight excluding hydrogens is 252 g/mol. The molecule has 2 rings (SSSR count). The van der Waals surface area contributed by atoms with Crippen LogP contribution in [-0.2, 0) is 0 Å². The van der Waals surface area contributed by atoms with Crippen LogP contribution in [0.3, 0.4) is 0 Å². The Kier molecular flexibility index (Phi) is 6.63. The second-order valence-electron chi connectivity index (χ2n) is 8.57. The Balaban J connectivity index is 1.80. The van der Waals surface area contributed by atoms with Crippen LogP contribution >= 0.6 is 0 Å². The Morgan fingerprint density at radius 2 is 1.38 bits per heavy atom. The summed E-state index contributed by atoms with van der Waals surface area (Å²) in [6.07, 6.45) is 22.4. The summed E-state index contributed by atoms with van der Waals surface area (Å²) in [5, 5.41) is 0. The maximum Gasteiger partial charge on any atom is -0.0241 e. The van der Waals surface area contributed by atoms with Crippen molar-refractivity contribution in [1.29, 1.82) is 0 Å². The van der Waals surface area contributed by atoms with Crippen LogP contribution in [0.25, 0.3) is 0 Å². The van der Waals surface area contributed by atoms with E-state index in [4.69, 9.17) is 0 Å². The third-order valence-electron chi connectivity index (χ3n) is 7.45. The van der Waals surface area contributed by atoms with Gasteiger partial charge in [0, 0.05) is 0 Å².